The molecule has 6 aromatic rings. The summed E-state index contributed by atoms with van der Waals surface area (Å²) in [7, 11) is 0. The Kier molecular flexibility index (Phi) is 10.6. The van der Waals surface area contributed by atoms with Crippen LogP contribution >= 0.6 is 0 Å². The summed E-state index contributed by atoms with van der Waals surface area (Å²) >= 11 is 0. The third-order valence-corrected chi connectivity index (χ3v) is 7.86. The zero-order valence-corrected chi connectivity index (χ0v) is 26.5. The molecule has 48 heavy (non-hydrogen) atoms. The van der Waals surface area contributed by atoms with Gasteiger partial charge in [-0.2, -0.15) is 0 Å². The first-order valence-corrected chi connectivity index (χ1v) is 15.9. The van der Waals surface area contributed by atoms with Crippen LogP contribution in [0, 0.1) is 0 Å². The molecule has 0 unspecified atom stereocenters. The van der Waals surface area contributed by atoms with Crippen molar-refractivity contribution < 1.29 is 19.1 Å². The maximum absolute atomic E-state index is 13.1. The molecular formula is C42H36N2O4. The standard InChI is InChI=1S/C42H36N2O4/c45-41(37-15-7-9-17-39(37)47-29-33-11-3-1-4-12-33)43-35-25-21-31(22-26-35)19-20-32-23-27-36(28-24-32)44-42(46)38-16-8-10-18-40(38)48-30-34-13-5-2-6-14-34/h1-18,21-28H,19-20,29-30H2,(H,43,45)(H,44,46). The number of aryl methyl sites for hydroxylation is 2. The van der Waals surface area contributed by atoms with Crippen molar-refractivity contribution in [2.75, 3.05) is 10.6 Å². The van der Waals surface area contributed by atoms with Crippen molar-refractivity contribution in [3.05, 3.63) is 191 Å². The van der Waals surface area contributed by atoms with Gasteiger partial charge >= 0.3 is 0 Å². The maximum Gasteiger partial charge on any atom is 0.259 e. The van der Waals surface area contributed by atoms with E-state index in [4.69, 9.17) is 9.47 Å². The molecule has 0 heterocycles. The lowest BCUT2D eigenvalue weighted by Gasteiger charge is -2.12. The van der Waals surface area contributed by atoms with Crippen LogP contribution in [-0.4, -0.2) is 11.8 Å². The van der Waals surface area contributed by atoms with E-state index in [9.17, 15) is 9.59 Å². The number of hydrogen-bond donors (Lipinski definition) is 2. The SMILES string of the molecule is O=C(Nc1ccc(CCc2ccc(NC(=O)c3ccccc3OCc3ccccc3)cc2)cc1)c1ccccc1OCc1ccccc1. The quantitative estimate of drug-likeness (QED) is 0.133. The Balaban J connectivity index is 0.989. The van der Waals surface area contributed by atoms with Gasteiger partial charge in [0.1, 0.15) is 24.7 Å². The van der Waals surface area contributed by atoms with Gasteiger partial charge < -0.3 is 20.1 Å². The van der Waals surface area contributed by atoms with E-state index >= 15 is 0 Å². The first kappa shape index (κ1) is 31.8. The van der Waals surface area contributed by atoms with E-state index in [0.29, 0.717) is 47.2 Å². The van der Waals surface area contributed by atoms with Crippen LogP contribution in [0.2, 0.25) is 0 Å². The molecule has 0 saturated heterocycles. The lowest BCUT2D eigenvalue weighted by Crippen LogP contribution is -2.13. The molecule has 2 N–H and O–H groups in total. The maximum atomic E-state index is 13.1. The summed E-state index contributed by atoms with van der Waals surface area (Å²) in [6.07, 6.45) is 1.67. The molecule has 0 atom stereocenters. The Bertz CT molecular complexity index is 1800. The van der Waals surface area contributed by atoms with Crippen molar-refractivity contribution in [2.45, 2.75) is 26.1 Å². The smallest absolute Gasteiger partial charge is 0.259 e. The van der Waals surface area contributed by atoms with Crippen molar-refractivity contribution in [3.8, 4) is 11.5 Å². The monoisotopic (exact) mass is 632 g/mol. The van der Waals surface area contributed by atoms with Gasteiger partial charge in [-0.25, -0.2) is 0 Å². The van der Waals surface area contributed by atoms with Gasteiger partial charge in [0.15, 0.2) is 0 Å². The van der Waals surface area contributed by atoms with E-state index in [1.54, 1.807) is 12.1 Å². The van der Waals surface area contributed by atoms with Gasteiger partial charge in [-0.15, -0.1) is 0 Å². The fourth-order valence-electron chi connectivity index (χ4n) is 5.23. The van der Waals surface area contributed by atoms with Gasteiger partial charge in [0.05, 0.1) is 11.1 Å². The molecular weight excluding hydrogens is 596 g/mol. The first-order chi connectivity index (χ1) is 23.6. The van der Waals surface area contributed by atoms with Crippen LogP contribution < -0.4 is 20.1 Å². The molecule has 0 spiro atoms. The molecule has 0 aliphatic rings. The number of rotatable bonds is 13. The number of amides is 2. The first-order valence-electron chi connectivity index (χ1n) is 15.9. The van der Waals surface area contributed by atoms with Crippen LogP contribution in [0.15, 0.2) is 158 Å². The summed E-state index contributed by atoms with van der Waals surface area (Å²) in [6.45, 7) is 0.771. The molecule has 6 heteroatoms. The Hall–Kier alpha value is -6.14. The molecule has 0 aliphatic carbocycles. The average Bonchev–Trinajstić information content (AvgIpc) is 3.14. The summed E-state index contributed by atoms with van der Waals surface area (Å²) in [5, 5.41) is 5.98. The topological polar surface area (TPSA) is 76.7 Å². The fourth-order valence-corrected chi connectivity index (χ4v) is 5.23. The van der Waals surface area contributed by atoms with E-state index in [-0.39, 0.29) is 11.8 Å². The van der Waals surface area contributed by atoms with Crippen molar-refractivity contribution in [2.24, 2.45) is 0 Å². The number of hydrogen-bond acceptors (Lipinski definition) is 4. The molecule has 0 saturated carbocycles. The van der Waals surface area contributed by atoms with Crippen LogP contribution in [0.25, 0.3) is 0 Å². The number of benzene rings is 6. The molecule has 0 aliphatic heterocycles. The lowest BCUT2D eigenvalue weighted by molar-refractivity contribution is 0.101. The van der Waals surface area contributed by atoms with Gasteiger partial charge in [0.25, 0.3) is 11.8 Å². The second-order valence-electron chi connectivity index (χ2n) is 11.3. The highest BCUT2D eigenvalue weighted by Gasteiger charge is 2.14. The van der Waals surface area contributed by atoms with E-state index in [2.05, 4.69) is 10.6 Å². The van der Waals surface area contributed by atoms with E-state index in [0.717, 1.165) is 35.1 Å². The van der Waals surface area contributed by atoms with Gasteiger partial charge in [0.2, 0.25) is 0 Å². The van der Waals surface area contributed by atoms with E-state index in [1.165, 1.54) is 0 Å². The lowest BCUT2D eigenvalue weighted by atomic mass is 10.0. The zero-order chi connectivity index (χ0) is 33.0. The van der Waals surface area contributed by atoms with Crippen LogP contribution in [0.4, 0.5) is 11.4 Å². The van der Waals surface area contributed by atoms with Crippen LogP contribution in [0.5, 0.6) is 11.5 Å². The predicted octanol–water partition coefficient (Wildman–Crippen LogP) is 9.13. The molecule has 2 amide bonds. The molecule has 0 aromatic heterocycles. The third-order valence-electron chi connectivity index (χ3n) is 7.86. The van der Waals surface area contributed by atoms with E-state index in [1.807, 2.05) is 146 Å². The van der Waals surface area contributed by atoms with Crippen LogP contribution in [-0.2, 0) is 26.1 Å². The third kappa shape index (κ3) is 8.77. The van der Waals surface area contributed by atoms with Crippen molar-refractivity contribution in [1.29, 1.82) is 0 Å². The van der Waals surface area contributed by atoms with Gasteiger partial charge in [-0.05, 0) is 83.6 Å². The van der Waals surface area contributed by atoms with Crippen molar-refractivity contribution in [1.82, 2.24) is 0 Å². The number of para-hydroxylation sites is 2. The Morgan fingerprint density at radius 3 is 1.15 bits per heavy atom. The molecule has 6 aromatic carbocycles. The average molecular weight is 633 g/mol. The number of anilines is 2. The van der Waals surface area contributed by atoms with Crippen LogP contribution in [0.1, 0.15) is 43.0 Å². The molecule has 6 rings (SSSR count). The fraction of sp³-hybridized carbons (Fsp3) is 0.0952. The van der Waals surface area contributed by atoms with Crippen molar-refractivity contribution in [3.63, 3.8) is 0 Å². The molecule has 6 nitrogen and oxygen atoms in total. The number of ether oxygens (including phenoxy) is 2. The second kappa shape index (κ2) is 15.9. The minimum absolute atomic E-state index is 0.221. The minimum Gasteiger partial charge on any atom is -0.488 e. The predicted molar refractivity (Wildman–Crippen MR) is 191 cm³/mol. The number of carbonyl (C=O) groups is 2. The molecule has 0 fully saturated rings. The Morgan fingerprint density at radius 1 is 0.396 bits per heavy atom. The minimum atomic E-state index is -0.221. The van der Waals surface area contributed by atoms with Crippen molar-refractivity contribution >= 4 is 23.2 Å². The second-order valence-corrected chi connectivity index (χ2v) is 11.3. The van der Waals surface area contributed by atoms with Gasteiger partial charge in [0, 0.05) is 11.4 Å². The van der Waals surface area contributed by atoms with Gasteiger partial charge in [-0.1, -0.05) is 109 Å². The van der Waals surface area contributed by atoms with E-state index < -0.39 is 0 Å². The summed E-state index contributed by atoms with van der Waals surface area (Å²) < 4.78 is 11.9. The summed E-state index contributed by atoms with van der Waals surface area (Å²) in [5.74, 6) is 0.640. The van der Waals surface area contributed by atoms with Crippen LogP contribution in [0.3, 0.4) is 0 Å². The normalized spacial score (nSPS) is 10.6. The summed E-state index contributed by atoms with van der Waals surface area (Å²) in [4.78, 5) is 26.2. The number of carbonyl (C=O) groups excluding carboxylic acids is 2. The summed E-state index contributed by atoms with van der Waals surface area (Å²) in [6, 6.07) is 50.0. The zero-order valence-electron chi connectivity index (χ0n) is 26.5. The largest absolute Gasteiger partial charge is 0.488 e. The highest BCUT2D eigenvalue weighted by molar-refractivity contribution is 6.06. The molecule has 0 bridgehead atoms. The summed E-state index contributed by atoms with van der Waals surface area (Å²) in [5.41, 5.74) is 6.79. The molecule has 0 radical (unpaired) electrons. The Labute approximate surface area is 281 Å². The molecule has 238 valence electrons. The van der Waals surface area contributed by atoms with Gasteiger partial charge in [-0.3, -0.25) is 9.59 Å². The highest BCUT2D eigenvalue weighted by Crippen LogP contribution is 2.23. The Morgan fingerprint density at radius 2 is 0.750 bits per heavy atom. The number of nitrogens with one attached hydrogen (secondary N) is 2. The highest BCUT2D eigenvalue weighted by atomic mass is 16.5.